The van der Waals surface area contributed by atoms with Gasteiger partial charge in [0.1, 0.15) is 0 Å². The highest BCUT2D eigenvalue weighted by atomic mass is 16.5. The number of esters is 1. The van der Waals surface area contributed by atoms with Crippen LogP contribution in [0.2, 0.25) is 0 Å². The van der Waals surface area contributed by atoms with Crippen molar-refractivity contribution in [2.75, 3.05) is 26.2 Å². The SMILES string of the molecule is CCCCCCCCCCCCOC(=O)CCCCCCCC=CCCCCCCCCN1CCN=C1CCCCCCCC=CCCCCCCCC(=O)O. The Morgan fingerprint density at radius 3 is 1.45 bits per heavy atom. The van der Waals surface area contributed by atoms with Gasteiger partial charge in [-0.3, -0.25) is 14.6 Å². The number of unbranched alkanes of at least 4 members (excludes halogenated alkanes) is 30. The maximum atomic E-state index is 12.0. The highest BCUT2D eigenvalue weighted by Gasteiger charge is 2.15. The molecular formula is C50H92N2O4. The minimum absolute atomic E-state index is 0.00657. The third-order valence-electron chi connectivity index (χ3n) is 11.5. The second kappa shape index (κ2) is 42.5. The Morgan fingerprint density at radius 1 is 0.536 bits per heavy atom. The fourth-order valence-corrected chi connectivity index (χ4v) is 7.80. The number of amidine groups is 1. The zero-order valence-corrected chi connectivity index (χ0v) is 37.1. The molecule has 0 amide bonds. The molecule has 1 aliphatic heterocycles. The number of allylic oxidation sites excluding steroid dienone is 4. The van der Waals surface area contributed by atoms with Crippen molar-refractivity contribution in [1.29, 1.82) is 0 Å². The summed E-state index contributed by atoms with van der Waals surface area (Å²) in [5.41, 5.74) is 0. The van der Waals surface area contributed by atoms with E-state index < -0.39 is 5.97 Å². The lowest BCUT2D eigenvalue weighted by atomic mass is 10.1. The second-order valence-electron chi connectivity index (χ2n) is 16.9. The summed E-state index contributed by atoms with van der Waals surface area (Å²) in [7, 11) is 0. The number of rotatable bonds is 44. The minimum atomic E-state index is -0.668. The van der Waals surface area contributed by atoms with E-state index in [1.54, 1.807) is 0 Å². The third-order valence-corrected chi connectivity index (χ3v) is 11.5. The van der Waals surface area contributed by atoms with Gasteiger partial charge in [-0.2, -0.15) is 0 Å². The number of carboxylic acid groups (broad SMARTS) is 1. The molecule has 0 saturated heterocycles. The van der Waals surface area contributed by atoms with Crippen molar-refractivity contribution in [3.8, 4) is 0 Å². The number of nitrogens with zero attached hydrogens (tertiary/aromatic N) is 2. The Bertz CT molecular complexity index is 961. The first-order valence-corrected chi connectivity index (χ1v) is 24.6. The number of carboxylic acids is 1. The Morgan fingerprint density at radius 2 is 0.946 bits per heavy atom. The molecule has 1 N–H and O–H groups in total. The Labute approximate surface area is 347 Å². The van der Waals surface area contributed by atoms with Crippen LogP contribution >= 0.6 is 0 Å². The van der Waals surface area contributed by atoms with E-state index in [1.165, 1.54) is 205 Å². The van der Waals surface area contributed by atoms with Gasteiger partial charge in [-0.05, 0) is 83.5 Å². The maximum Gasteiger partial charge on any atom is 0.305 e. The van der Waals surface area contributed by atoms with Gasteiger partial charge in [-0.1, -0.05) is 172 Å². The monoisotopic (exact) mass is 785 g/mol. The lowest BCUT2D eigenvalue weighted by Gasteiger charge is -2.20. The molecule has 0 unspecified atom stereocenters. The number of aliphatic imine (C=N–C) groups is 1. The second-order valence-corrected chi connectivity index (χ2v) is 16.9. The molecule has 326 valence electrons. The van der Waals surface area contributed by atoms with Gasteiger partial charge in [0.05, 0.1) is 19.0 Å². The number of hydrogen-bond donors (Lipinski definition) is 1. The van der Waals surface area contributed by atoms with Crippen molar-refractivity contribution in [3.63, 3.8) is 0 Å². The highest BCUT2D eigenvalue weighted by Crippen LogP contribution is 2.16. The maximum absolute atomic E-state index is 12.0. The van der Waals surface area contributed by atoms with Crippen LogP contribution in [0, 0.1) is 0 Å². The fourth-order valence-electron chi connectivity index (χ4n) is 7.80. The molecule has 0 aromatic carbocycles. The van der Waals surface area contributed by atoms with Gasteiger partial charge >= 0.3 is 11.9 Å². The number of carbonyl (C=O) groups excluding carboxylic acids is 1. The molecule has 0 aliphatic carbocycles. The van der Waals surface area contributed by atoms with Crippen molar-refractivity contribution in [1.82, 2.24) is 4.90 Å². The Kier molecular flexibility index (Phi) is 39.4. The lowest BCUT2D eigenvalue weighted by molar-refractivity contribution is -0.144. The van der Waals surface area contributed by atoms with E-state index in [2.05, 4.69) is 36.1 Å². The quantitative estimate of drug-likeness (QED) is 0.0378. The van der Waals surface area contributed by atoms with Crippen molar-refractivity contribution in [2.45, 2.75) is 251 Å². The Hall–Kier alpha value is -2.11. The van der Waals surface area contributed by atoms with Gasteiger partial charge in [-0.15, -0.1) is 0 Å². The first kappa shape index (κ1) is 51.9. The molecule has 0 radical (unpaired) electrons. The zero-order chi connectivity index (χ0) is 40.3. The Balaban J connectivity index is 1.80. The number of carbonyl (C=O) groups is 2. The summed E-state index contributed by atoms with van der Waals surface area (Å²) in [6.45, 7) is 6.22. The highest BCUT2D eigenvalue weighted by molar-refractivity contribution is 5.83. The predicted molar refractivity (Wildman–Crippen MR) is 242 cm³/mol. The largest absolute Gasteiger partial charge is 0.481 e. The molecule has 6 nitrogen and oxygen atoms in total. The number of hydrogen-bond acceptors (Lipinski definition) is 5. The standard InChI is InChI=1S/C50H92N2O4/c1-2-3-4-5-6-7-25-30-35-40-47-56-50(55)43-38-33-28-23-19-15-9-8-12-16-20-24-29-34-39-45-52-46-44-51-48(52)41-36-31-26-21-17-13-10-11-14-18-22-27-32-37-42-49(53)54/h8-11H,2-7,12-47H2,1H3,(H,53,54). The van der Waals surface area contributed by atoms with Crippen LogP contribution < -0.4 is 0 Å². The molecule has 0 aromatic rings. The predicted octanol–water partition coefficient (Wildman–Crippen LogP) is 15.3. The molecular weight excluding hydrogens is 693 g/mol. The van der Waals surface area contributed by atoms with E-state index in [-0.39, 0.29) is 5.97 Å². The zero-order valence-electron chi connectivity index (χ0n) is 37.1. The molecule has 0 fully saturated rings. The average molecular weight is 785 g/mol. The van der Waals surface area contributed by atoms with Gasteiger partial charge in [0.15, 0.2) is 0 Å². The molecule has 1 rings (SSSR count). The van der Waals surface area contributed by atoms with E-state index >= 15 is 0 Å². The summed E-state index contributed by atoms with van der Waals surface area (Å²) >= 11 is 0. The molecule has 0 atom stereocenters. The molecule has 0 aromatic heterocycles. The van der Waals surface area contributed by atoms with Gasteiger partial charge in [-0.25, -0.2) is 0 Å². The molecule has 0 bridgehead atoms. The van der Waals surface area contributed by atoms with Crippen LogP contribution in [-0.4, -0.2) is 54.0 Å². The van der Waals surface area contributed by atoms with E-state index in [0.29, 0.717) is 19.4 Å². The number of ether oxygens (including phenoxy) is 1. The normalized spacial score (nSPS) is 13.1. The summed E-state index contributed by atoms with van der Waals surface area (Å²) in [6, 6.07) is 0. The van der Waals surface area contributed by atoms with E-state index in [9.17, 15) is 9.59 Å². The van der Waals surface area contributed by atoms with Crippen LogP contribution in [-0.2, 0) is 14.3 Å². The van der Waals surface area contributed by atoms with Gasteiger partial charge in [0.25, 0.3) is 0 Å². The molecule has 0 saturated carbocycles. The summed E-state index contributed by atoms with van der Waals surface area (Å²) < 4.78 is 5.44. The summed E-state index contributed by atoms with van der Waals surface area (Å²) in [4.78, 5) is 29.9. The first-order valence-electron chi connectivity index (χ1n) is 24.6. The average Bonchev–Trinajstić information content (AvgIpc) is 3.64. The van der Waals surface area contributed by atoms with Gasteiger partial charge in [0.2, 0.25) is 0 Å². The van der Waals surface area contributed by atoms with Crippen LogP contribution in [0.15, 0.2) is 29.3 Å². The third kappa shape index (κ3) is 37.5. The van der Waals surface area contributed by atoms with Crippen LogP contribution in [0.5, 0.6) is 0 Å². The van der Waals surface area contributed by atoms with E-state index in [0.717, 1.165) is 51.6 Å². The van der Waals surface area contributed by atoms with Crippen molar-refractivity contribution in [2.24, 2.45) is 4.99 Å². The molecule has 6 heteroatoms. The van der Waals surface area contributed by atoms with Crippen molar-refractivity contribution >= 4 is 17.8 Å². The van der Waals surface area contributed by atoms with E-state index in [4.69, 9.17) is 14.8 Å². The molecule has 1 heterocycles. The van der Waals surface area contributed by atoms with Crippen LogP contribution in [0.3, 0.4) is 0 Å². The smallest absolute Gasteiger partial charge is 0.305 e. The first-order chi connectivity index (χ1) is 27.6. The molecule has 56 heavy (non-hydrogen) atoms. The van der Waals surface area contributed by atoms with Gasteiger partial charge in [0, 0.05) is 32.4 Å². The van der Waals surface area contributed by atoms with Gasteiger partial charge < -0.3 is 14.7 Å². The number of aliphatic carboxylic acids is 1. The van der Waals surface area contributed by atoms with Crippen molar-refractivity contribution in [3.05, 3.63) is 24.3 Å². The summed E-state index contributed by atoms with van der Waals surface area (Å²) in [6.07, 6.45) is 55.5. The summed E-state index contributed by atoms with van der Waals surface area (Å²) in [5.74, 6) is 0.721. The topological polar surface area (TPSA) is 79.2 Å². The molecule has 1 aliphatic rings. The van der Waals surface area contributed by atoms with E-state index in [1.807, 2.05) is 0 Å². The van der Waals surface area contributed by atoms with Crippen LogP contribution in [0.1, 0.15) is 251 Å². The fraction of sp³-hybridized carbons (Fsp3) is 0.860. The van der Waals surface area contributed by atoms with Crippen LogP contribution in [0.25, 0.3) is 0 Å². The molecule has 0 spiro atoms. The minimum Gasteiger partial charge on any atom is -0.481 e. The summed E-state index contributed by atoms with van der Waals surface area (Å²) in [5, 5.41) is 8.68. The lowest BCUT2D eigenvalue weighted by Crippen LogP contribution is -2.28. The van der Waals surface area contributed by atoms with Crippen LogP contribution in [0.4, 0.5) is 0 Å². The van der Waals surface area contributed by atoms with Crippen molar-refractivity contribution < 1.29 is 19.4 Å².